The predicted molar refractivity (Wildman–Crippen MR) is 120 cm³/mol. The minimum absolute atomic E-state index is 0.0307. The molecule has 0 saturated heterocycles. The van der Waals surface area contributed by atoms with Crippen LogP contribution in [0.15, 0.2) is 84.1 Å². The van der Waals surface area contributed by atoms with Crippen molar-refractivity contribution < 1.29 is 13.9 Å². The number of ether oxygens (including phenoxy) is 1. The van der Waals surface area contributed by atoms with Gasteiger partial charge in [-0.15, -0.1) is 0 Å². The zero-order valence-electron chi connectivity index (χ0n) is 17.2. The van der Waals surface area contributed by atoms with E-state index in [9.17, 15) is 9.18 Å². The molecule has 3 aromatic rings. The molecule has 5 rings (SSSR count). The largest absolute Gasteiger partial charge is 0.497 e. The van der Waals surface area contributed by atoms with Crippen molar-refractivity contribution in [2.45, 2.75) is 24.8 Å². The van der Waals surface area contributed by atoms with Crippen molar-refractivity contribution in [3.05, 3.63) is 101 Å². The second-order valence-electron chi connectivity index (χ2n) is 7.96. The van der Waals surface area contributed by atoms with Gasteiger partial charge in [0.05, 0.1) is 24.5 Å². The summed E-state index contributed by atoms with van der Waals surface area (Å²) in [6.07, 6.45) is 1.06. The fourth-order valence-electron chi connectivity index (χ4n) is 4.55. The fourth-order valence-corrected chi connectivity index (χ4v) is 4.55. The standard InChI is InChI=1S/C26H23FN2O2/c1-31-18-12-10-16(11-13-18)17-14-23-25(24(30)15-17)26(19-6-2-3-7-20(19)27)29-22-9-5-4-8-21(22)28-23/h2-13,17,26,28-29H,14-15H2,1H3. The van der Waals surface area contributed by atoms with E-state index in [1.54, 1.807) is 25.3 Å². The Labute approximate surface area is 180 Å². The lowest BCUT2D eigenvalue weighted by molar-refractivity contribution is -0.116. The number of hydrogen-bond donors (Lipinski definition) is 2. The molecule has 156 valence electrons. The number of carbonyl (C=O) groups excluding carboxylic acids is 1. The number of fused-ring (bicyclic) bond motifs is 1. The third kappa shape index (κ3) is 3.56. The number of para-hydroxylation sites is 2. The third-order valence-corrected chi connectivity index (χ3v) is 6.11. The van der Waals surface area contributed by atoms with Gasteiger partial charge >= 0.3 is 0 Å². The summed E-state index contributed by atoms with van der Waals surface area (Å²) in [6, 6.07) is 21.8. The Morgan fingerprint density at radius 1 is 0.903 bits per heavy atom. The quantitative estimate of drug-likeness (QED) is 0.568. The van der Waals surface area contributed by atoms with E-state index in [2.05, 4.69) is 10.6 Å². The molecule has 0 spiro atoms. The number of hydrogen-bond acceptors (Lipinski definition) is 4. The molecule has 1 aliphatic carbocycles. The van der Waals surface area contributed by atoms with Gasteiger partial charge in [-0.2, -0.15) is 0 Å². The first-order valence-corrected chi connectivity index (χ1v) is 10.4. The summed E-state index contributed by atoms with van der Waals surface area (Å²) >= 11 is 0. The van der Waals surface area contributed by atoms with E-state index >= 15 is 0 Å². The van der Waals surface area contributed by atoms with Crippen LogP contribution < -0.4 is 15.4 Å². The van der Waals surface area contributed by atoms with Gasteiger partial charge in [0.2, 0.25) is 0 Å². The highest BCUT2D eigenvalue weighted by Gasteiger charge is 2.36. The Morgan fingerprint density at radius 3 is 2.35 bits per heavy atom. The molecule has 0 fully saturated rings. The fraction of sp³-hybridized carbons (Fsp3) is 0.192. The minimum atomic E-state index is -0.545. The monoisotopic (exact) mass is 414 g/mol. The van der Waals surface area contributed by atoms with E-state index in [0.717, 1.165) is 28.4 Å². The Kier molecular flexibility index (Phi) is 4.94. The number of ketones is 1. The second kappa shape index (κ2) is 7.91. The maximum atomic E-state index is 14.8. The molecule has 3 aromatic carbocycles. The minimum Gasteiger partial charge on any atom is -0.497 e. The average molecular weight is 414 g/mol. The lowest BCUT2D eigenvalue weighted by atomic mass is 9.78. The second-order valence-corrected chi connectivity index (χ2v) is 7.96. The molecular weight excluding hydrogens is 391 g/mol. The van der Waals surface area contributed by atoms with E-state index in [1.807, 2.05) is 48.5 Å². The summed E-state index contributed by atoms with van der Waals surface area (Å²) < 4.78 is 20.0. The van der Waals surface area contributed by atoms with Gasteiger partial charge in [0.1, 0.15) is 11.6 Å². The van der Waals surface area contributed by atoms with Gasteiger partial charge in [0.15, 0.2) is 5.78 Å². The molecule has 5 heteroatoms. The molecule has 2 atom stereocenters. The number of methoxy groups -OCH3 is 1. The van der Waals surface area contributed by atoms with Crippen molar-refractivity contribution in [1.82, 2.24) is 0 Å². The molecule has 0 radical (unpaired) electrons. The van der Waals surface area contributed by atoms with Crippen LogP contribution in [0, 0.1) is 5.82 Å². The molecule has 2 aliphatic rings. The number of anilines is 2. The smallest absolute Gasteiger partial charge is 0.163 e. The maximum absolute atomic E-state index is 14.8. The summed E-state index contributed by atoms with van der Waals surface area (Å²) in [7, 11) is 1.64. The molecule has 2 unspecified atom stereocenters. The topological polar surface area (TPSA) is 50.4 Å². The highest BCUT2D eigenvalue weighted by atomic mass is 19.1. The average Bonchev–Trinajstić information content (AvgIpc) is 2.96. The molecule has 0 amide bonds. The van der Waals surface area contributed by atoms with E-state index in [-0.39, 0.29) is 17.5 Å². The van der Waals surface area contributed by atoms with Crippen LogP contribution in [0.2, 0.25) is 0 Å². The number of allylic oxidation sites excluding steroid dienone is 1. The molecule has 0 saturated carbocycles. The summed E-state index contributed by atoms with van der Waals surface area (Å²) in [4.78, 5) is 13.4. The summed E-state index contributed by atoms with van der Waals surface area (Å²) in [5.74, 6) is 0.548. The van der Waals surface area contributed by atoms with Gasteiger partial charge in [0, 0.05) is 23.3 Å². The molecule has 31 heavy (non-hydrogen) atoms. The van der Waals surface area contributed by atoms with Crippen molar-refractivity contribution in [1.29, 1.82) is 0 Å². The zero-order chi connectivity index (χ0) is 21.4. The van der Waals surface area contributed by atoms with Gasteiger partial charge in [-0.1, -0.05) is 42.5 Å². The predicted octanol–water partition coefficient (Wildman–Crippen LogP) is 5.81. The zero-order valence-corrected chi connectivity index (χ0v) is 17.2. The number of Topliss-reactive ketones (excluding diaryl/α,β-unsaturated/α-hetero) is 1. The number of halogens is 1. The van der Waals surface area contributed by atoms with E-state index in [1.165, 1.54) is 6.07 Å². The van der Waals surface area contributed by atoms with Crippen LogP contribution in [0.1, 0.15) is 35.9 Å². The van der Waals surface area contributed by atoms with Crippen LogP contribution >= 0.6 is 0 Å². The van der Waals surface area contributed by atoms with Crippen molar-refractivity contribution in [2.75, 3.05) is 17.7 Å². The van der Waals surface area contributed by atoms with Crippen molar-refractivity contribution >= 4 is 17.2 Å². The van der Waals surface area contributed by atoms with Crippen LogP contribution in [-0.4, -0.2) is 12.9 Å². The van der Waals surface area contributed by atoms with Crippen molar-refractivity contribution in [3.8, 4) is 5.75 Å². The number of nitrogens with one attached hydrogen (secondary N) is 2. The highest BCUT2D eigenvalue weighted by Crippen LogP contribution is 2.44. The van der Waals surface area contributed by atoms with Crippen LogP contribution in [0.3, 0.4) is 0 Å². The molecule has 1 aliphatic heterocycles. The van der Waals surface area contributed by atoms with Crippen LogP contribution in [0.25, 0.3) is 0 Å². The first-order chi connectivity index (χ1) is 15.1. The van der Waals surface area contributed by atoms with Gasteiger partial charge < -0.3 is 15.4 Å². The lowest BCUT2D eigenvalue weighted by Gasteiger charge is -2.30. The highest BCUT2D eigenvalue weighted by molar-refractivity contribution is 6.01. The lowest BCUT2D eigenvalue weighted by Crippen LogP contribution is -2.27. The van der Waals surface area contributed by atoms with Gasteiger partial charge in [-0.3, -0.25) is 4.79 Å². The molecule has 1 heterocycles. The first kappa shape index (κ1) is 19.4. The van der Waals surface area contributed by atoms with Crippen LogP contribution in [0.5, 0.6) is 5.75 Å². The molecule has 0 bridgehead atoms. The number of carbonyl (C=O) groups is 1. The molecule has 0 aromatic heterocycles. The van der Waals surface area contributed by atoms with Crippen molar-refractivity contribution in [2.24, 2.45) is 0 Å². The van der Waals surface area contributed by atoms with Crippen LogP contribution in [-0.2, 0) is 4.79 Å². The first-order valence-electron chi connectivity index (χ1n) is 10.4. The third-order valence-electron chi connectivity index (χ3n) is 6.11. The molecular formula is C26H23FN2O2. The Morgan fingerprint density at radius 2 is 1.61 bits per heavy atom. The number of benzene rings is 3. The Hall–Kier alpha value is -3.60. The number of rotatable bonds is 3. The molecule has 4 nitrogen and oxygen atoms in total. The van der Waals surface area contributed by atoms with E-state index in [4.69, 9.17) is 4.74 Å². The SMILES string of the molecule is COc1ccc(C2CC(=O)C3=C(C2)Nc2ccccc2NC3c2ccccc2F)cc1. The maximum Gasteiger partial charge on any atom is 0.163 e. The van der Waals surface area contributed by atoms with Gasteiger partial charge in [-0.05, 0) is 48.2 Å². The molecule has 2 N–H and O–H groups in total. The van der Waals surface area contributed by atoms with Gasteiger partial charge in [-0.25, -0.2) is 4.39 Å². The Balaban J connectivity index is 1.59. The van der Waals surface area contributed by atoms with E-state index < -0.39 is 6.04 Å². The Bertz CT molecular complexity index is 1170. The van der Waals surface area contributed by atoms with Gasteiger partial charge in [0.25, 0.3) is 0 Å². The summed E-state index contributed by atoms with van der Waals surface area (Å²) in [5.41, 5.74) is 4.77. The summed E-state index contributed by atoms with van der Waals surface area (Å²) in [6.45, 7) is 0. The normalized spacial score (nSPS) is 20.1. The summed E-state index contributed by atoms with van der Waals surface area (Å²) in [5, 5.41) is 6.90. The van der Waals surface area contributed by atoms with Crippen molar-refractivity contribution in [3.63, 3.8) is 0 Å². The van der Waals surface area contributed by atoms with E-state index in [0.29, 0.717) is 24.0 Å². The van der Waals surface area contributed by atoms with Crippen LogP contribution in [0.4, 0.5) is 15.8 Å².